The molecule has 2 N–H and O–H groups in total. The fraction of sp³-hybridized carbons (Fsp3) is 0.389. The van der Waals surface area contributed by atoms with Crippen LogP contribution >= 0.6 is 46.7 Å². The molecule has 1 aromatic heterocycles. The van der Waals surface area contributed by atoms with Crippen molar-refractivity contribution in [2.75, 3.05) is 18.1 Å². The molecule has 1 aromatic carbocycles. The smallest absolute Gasteiger partial charge is 0.251 e. The normalized spacial score (nSPS) is 14.3. The Morgan fingerprint density at radius 3 is 2.77 bits per heavy atom. The van der Waals surface area contributed by atoms with E-state index >= 15 is 0 Å². The highest BCUT2D eigenvalue weighted by atomic mass is 35.5. The van der Waals surface area contributed by atoms with Crippen molar-refractivity contribution in [2.45, 2.75) is 31.6 Å². The van der Waals surface area contributed by atoms with Crippen molar-refractivity contribution in [3.63, 3.8) is 0 Å². The number of nitrogens with zero attached hydrogens (tertiary/aromatic N) is 4. The number of amides is 2. The zero-order valence-corrected chi connectivity index (χ0v) is 19.5. The lowest BCUT2D eigenvalue weighted by Crippen LogP contribution is -2.29. The molecule has 1 aliphatic rings. The molecular weight excluding hydrogens is 467 g/mol. The first-order valence-corrected chi connectivity index (χ1v) is 11.9. The van der Waals surface area contributed by atoms with Crippen LogP contribution in [0.2, 0.25) is 10.0 Å². The van der Waals surface area contributed by atoms with E-state index in [1.54, 1.807) is 12.1 Å². The minimum Gasteiger partial charge on any atom is -0.342 e. The van der Waals surface area contributed by atoms with Crippen LogP contribution in [0, 0.1) is 0 Å². The first-order chi connectivity index (χ1) is 14.4. The van der Waals surface area contributed by atoms with Crippen molar-refractivity contribution in [1.82, 2.24) is 25.4 Å². The van der Waals surface area contributed by atoms with Gasteiger partial charge in [-0.1, -0.05) is 46.7 Å². The number of carbonyl (C=O) groups excluding carboxylic acids is 2. The van der Waals surface area contributed by atoms with Crippen molar-refractivity contribution in [3.05, 3.63) is 39.6 Å². The molecule has 160 valence electrons. The predicted molar refractivity (Wildman–Crippen MR) is 122 cm³/mol. The van der Waals surface area contributed by atoms with Gasteiger partial charge < -0.3 is 15.2 Å². The van der Waals surface area contributed by atoms with Gasteiger partial charge in [0, 0.05) is 17.9 Å². The topological polar surface area (TPSA) is 101 Å². The minimum absolute atomic E-state index is 0.138. The van der Waals surface area contributed by atoms with E-state index in [-0.39, 0.29) is 17.6 Å². The maximum absolute atomic E-state index is 12.5. The van der Waals surface area contributed by atoms with Gasteiger partial charge in [-0.25, -0.2) is 0 Å². The number of aromatic nitrogens is 3. The summed E-state index contributed by atoms with van der Waals surface area (Å²) in [5.74, 6) is 1.25. The van der Waals surface area contributed by atoms with Crippen molar-refractivity contribution < 1.29 is 9.59 Å². The predicted octanol–water partition coefficient (Wildman–Crippen LogP) is 3.41. The Morgan fingerprint density at radius 2 is 2.10 bits per heavy atom. The second-order valence-corrected chi connectivity index (χ2v) is 9.12. The van der Waals surface area contributed by atoms with E-state index in [4.69, 9.17) is 23.2 Å². The van der Waals surface area contributed by atoms with Gasteiger partial charge >= 0.3 is 0 Å². The molecule has 0 bridgehead atoms. The molecule has 0 fully saturated rings. The van der Waals surface area contributed by atoms with Gasteiger partial charge in [-0.3, -0.25) is 14.6 Å². The second kappa shape index (κ2) is 10.5. The Balaban J connectivity index is 1.62. The van der Waals surface area contributed by atoms with Crippen molar-refractivity contribution in [3.8, 4) is 0 Å². The molecule has 12 heteroatoms. The molecule has 8 nitrogen and oxygen atoms in total. The summed E-state index contributed by atoms with van der Waals surface area (Å²) in [6.45, 7) is 5.10. The lowest BCUT2D eigenvalue weighted by Gasteiger charge is -2.15. The summed E-state index contributed by atoms with van der Waals surface area (Å²) in [5.41, 5.74) is 0.401. The zero-order valence-electron chi connectivity index (χ0n) is 16.3. The Kier molecular flexibility index (Phi) is 8.04. The van der Waals surface area contributed by atoms with Crippen LogP contribution in [0.3, 0.4) is 0 Å². The molecule has 3 rings (SSSR count). The van der Waals surface area contributed by atoms with Crippen LogP contribution in [0.1, 0.15) is 36.1 Å². The molecular formula is C18H20Cl2N6O2S2. The molecule has 2 aromatic rings. The molecule has 2 heterocycles. The van der Waals surface area contributed by atoms with Crippen LogP contribution in [0.5, 0.6) is 0 Å². The summed E-state index contributed by atoms with van der Waals surface area (Å²) >= 11 is 14.7. The number of nitrogens with one attached hydrogen (secondary N) is 2. The van der Waals surface area contributed by atoms with E-state index in [1.807, 2.05) is 18.4 Å². The second-order valence-electron chi connectivity index (χ2n) is 6.28. The van der Waals surface area contributed by atoms with E-state index < -0.39 is 6.04 Å². The lowest BCUT2D eigenvalue weighted by molar-refractivity contribution is -0.117. The van der Waals surface area contributed by atoms with Crippen LogP contribution in [0.25, 0.3) is 0 Å². The van der Waals surface area contributed by atoms with Gasteiger partial charge in [0.1, 0.15) is 0 Å². The van der Waals surface area contributed by atoms with Gasteiger partial charge in [0.25, 0.3) is 5.91 Å². The Hall–Kier alpha value is -1.75. The minimum atomic E-state index is -0.396. The Labute approximate surface area is 192 Å². The van der Waals surface area contributed by atoms with Gasteiger partial charge in [-0.2, -0.15) is 0 Å². The standard InChI is InChI=1S/C18H20Cl2N6O2S2/c1-3-26-15(10(2)22-16(28)11-4-5-12(19)13(20)8-11)24-25-18(26)30-9-14(27)23-17-21-6-7-29-17/h4-5,8,10H,3,6-7,9H2,1-2H3,(H,22,28)(H,21,23,27)/t10-/m1/s1. The largest absolute Gasteiger partial charge is 0.342 e. The average molecular weight is 487 g/mol. The van der Waals surface area contributed by atoms with Crippen LogP contribution in [-0.2, 0) is 11.3 Å². The molecule has 30 heavy (non-hydrogen) atoms. The number of hydrogen-bond donors (Lipinski definition) is 2. The number of carbonyl (C=O) groups is 2. The van der Waals surface area contributed by atoms with Gasteiger partial charge in [0.15, 0.2) is 16.1 Å². The van der Waals surface area contributed by atoms with Crippen LogP contribution < -0.4 is 10.6 Å². The first kappa shape index (κ1) is 22.9. The number of halogens is 2. The van der Waals surface area contributed by atoms with Crippen molar-refractivity contribution in [1.29, 1.82) is 0 Å². The Morgan fingerprint density at radius 1 is 1.30 bits per heavy atom. The molecule has 2 amide bonds. The fourth-order valence-corrected chi connectivity index (χ4v) is 4.55. The molecule has 0 aliphatic carbocycles. The number of rotatable bonds is 7. The molecule has 0 unspecified atom stereocenters. The third-order valence-electron chi connectivity index (χ3n) is 4.14. The number of aliphatic imine (C=N–C) groups is 1. The third kappa shape index (κ3) is 5.69. The maximum atomic E-state index is 12.5. The maximum Gasteiger partial charge on any atom is 0.251 e. The molecule has 0 saturated heterocycles. The summed E-state index contributed by atoms with van der Waals surface area (Å²) in [5, 5.41) is 16.1. The van der Waals surface area contributed by atoms with Crippen LogP contribution in [0.15, 0.2) is 28.3 Å². The van der Waals surface area contributed by atoms with Crippen molar-refractivity contribution >= 4 is 63.7 Å². The highest BCUT2D eigenvalue weighted by Crippen LogP contribution is 2.24. The monoisotopic (exact) mass is 486 g/mol. The molecule has 0 saturated carbocycles. The molecule has 0 radical (unpaired) electrons. The average Bonchev–Trinajstić information content (AvgIpc) is 3.37. The van der Waals surface area contributed by atoms with E-state index in [9.17, 15) is 9.59 Å². The number of amidine groups is 1. The molecule has 0 spiro atoms. The zero-order chi connectivity index (χ0) is 21.7. The quantitative estimate of drug-likeness (QED) is 0.581. The fourth-order valence-electron chi connectivity index (χ4n) is 2.70. The number of benzene rings is 1. The summed E-state index contributed by atoms with van der Waals surface area (Å²) in [6.07, 6.45) is 0. The number of thioether (sulfide) groups is 2. The molecule has 1 aliphatic heterocycles. The van der Waals surface area contributed by atoms with E-state index in [2.05, 4.69) is 25.8 Å². The Bertz CT molecular complexity index is 982. The highest BCUT2D eigenvalue weighted by molar-refractivity contribution is 8.14. The summed E-state index contributed by atoms with van der Waals surface area (Å²) < 4.78 is 1.87. The molecule has 1 atom stereocenters. The SMILES string of the molecule is CCn1c(SCC(=O)NC2=NCCS2)nnc1[C@@H](C)NC(=O)c1ccc(Cl)c(Cl)c1. The highest BCUT2D eigenvalue weighted by Gasteiger charge is 2.21. The van der Waals surface area contributed by atoms with Crippen molar-refractivity contribution in [2.24, 2.45) is 4.99 Å². The van der Waals surface area contributed by atoms with Crippen LogP contribution in [0.4, 0.5) is 0 Å². The third-order valence-corrected chi connectivity index (χ3v) is 6.74. The summed E-state index contributed by atoms with van der Waals surface area (Å²) in [6, 6.07) is 4.30. The van der Waals surface area contributed by atoms with Crippen LogP contribution in [-0.4, -0.2) is 49.8 Å². The van der Waals surface area contributed by atoms with E-state index in [0.29, 0.717) is 38.3 Å². The summed E-state index contributed by atoms with van der Waals surface area (Å²) in [4.78, 5) is 28.8. The van der Waals surface area contributed by atoms with Gasteiger partial charge in [0.2, 0.25) is 5.91 Å². The van der Waals surface area contributed by atoms with Gasteiger partial charge in [-0.15, -0.1) is 10.2 Å². The van der Waals surface area contributed by atoms with E-state index in [0.717, 1.165) is 12.3 Å². The van der Waals surface area contributed by atoms with Gasteiger partial charge in [0.05, 0.1) is 28.4 Å². The lowest BCUT2D eigenvalue weighted by atomic mass is 10.2. The number of hydrogen-bond acceptors (Lipinski definition) is 7. The first-order valence-electron chi connectivity index (χ1n) is 9.18. The van der Waals surface area contributed by atoms with Gasteiger partial charge in [-0.05, 0) is 32.0 Å². The summed E-state index contributed by atoms with van der Waals surface area (Å²) in [7, 11) is 0. The van der Waals surface area contributed by atoms with E-state index in [1.165, 1.54) is 29.6 Å².